The molecule has 1 unspecified atom stereocenters. The maximum atomic E-state index is 4.74. The molecule has 2 heterocycles. The van der Waals surface area contributed by atoms with E-state index in [4.69, 9.17) is 4.99 Å². The van der Waals surface area contributed by atoms with Crippen LogP contribution in [0.25, 0.3) is 0 Å². The Morgan fingerprint density at radius 2 is 1.93 bits per heavy atom. The van der Waals surface area contributed by atoms with E-state index < -0.39 is 0 Å². The Kier molecular flexibility index (Phi) is 9.72. The summed E-state index contributed by atoms with van der Waals surface area (Å²) in [5.41, 5.74) is 4.79. The van der Waals surface area contributed by atoms with Gasteiger partial charge in [0.2, 0.25) is 0 Å². The van der Waals surface area contributed by atoms with Crippen LogP contribution >= 0.6 is 35.3 Å². The average molecular weight is 504 g/mol. The van der Waals surface area contributed by atoms with Crippen LogP contribution in [0.1, 0.15) is 46.4 Å². The van der Waals surface area contributed by atoms with Crippen LogP contribution in [0, 0.1) is 27.7 Å². The lowest BCUT2D eigenvalue weighted by Gasteiger charge is -2.18. The minimum Gasteiger partial charge on any atom is -0.357 e. The summed E-state index contributed by atoms with van der Waals surface area (Å²) < 4.78 is 1.95. The third-order valence-corrected chi connectivity index (χ3v) is 5.64. The maximum absolute atomic E-state index is 4.74. The first-order valence-corrected chi connectivity index (χ1v) is 10.1. The normalized spacial score (nSPS) is 12.6. The van der Waals surface area contributed by atoms with Gasteiger partial charge in [0.05, 0.1) is 16.4 Å². The minimum atomic E-state index is 0. The monoisotopic (exact) mass is 504 g/mol. The summed E-state index contributed by atoms with van der Waals surface area (Å²) in [6.45, 7) is 14.2. The van der Waals surface area contributed by atoms with Crippen molar-refractivity contribution in [2.24, 2.45) is 12.0 Å². The van der Waals surface area contributed by atoms with Gasteiger partial charge >= 0.3 is 0 Å². The van der Waals surface area contributed by atoms with E-state index in [-0.39, 0.29) is 30.0 Å². The number of rotatable bonds is 7. The van der Waals surface area contributed by atoms with Crippen LogP contribution in [0.3, 0.4) is 0 Å². The van der Waals surface area contributed by atoms with Gasteiger partial charge in [0.25, 0.3) is 0 Å². The summed E-state index contributed by atoms with van der Waals surface area (Å²) in [5, 5.41) is 12.5. The molecule has 0 saturated heterocycles. The van der Waals surface area contributed by atoms with Gasteiger partial charge in [-0.15, -0.1) is 35.3 Å². The summed E-state index contributed by atoms with van der Waals surface area (Å²) in [7, 11) is 2.00. The van der Waals surface area contributed by atoms with Gasteiger partial charge in [-0.05, 0) is 53.5 Å². The molecule has 2 rings (SSSR count). The SMILES string of the molecule is CCNC(=NCCc1sc(C)nc1C)NC(C)Cc1c(C)nn(C)c1C.I. The van der Waals surface area contributed by atoms with E-state index in [9.17, 15) is 0 Å². The van der Waals surface area contributed by atoms with Gasteiger partial charge in [0.1, 0.15) is 0 Å². The highest BCUT2D eigenvalue weighted by Gasteiger charge is 2.14. The van der Waals surface area contributed by atoms with E-state index in [1.807, 2.05) is 11.7 Å². The van der Waals surface area contributed by atoms with Crippen molar-refractivity contribution in [1.29, 1.82) is 0 Å². The van der Waals surface area contributed by atoms with Crippen LogP contribution in [-0.2, 0) is 19.9 Å². The number of hydrogen-bond acceptors (Lipinski definition) is 4. The predicted molar refractivity (Wildman–Crippen MR) is 126 cm³/mol. The molecule has 0 saturated carbocycles. The second kappa shape index (κ2) is 11.0. The van der Waals surface area contributed by atoms with Crippen molar-refractivity contribution in [3.63, 3.8) is 0 Å². The van der Waals surface area contributed by atoms with Crippen LogP contribution < -0.4 is 10.6 Å². The molecule has 6 nitrogen and oxygen atoms in total. The largest absolute Gasteiger partial charge is 0.357 e. The van der Waals surface area contributed by atoms with Crippen molar-refractivity contribution in [2.45, 2.75) is 60.4 Å². The van der Waals surface area contributed by atoms with E-state index >= 15 is 0 Å². The molecule has 0 bridgehead atoms. The van der Waals surface area contributed by atoms with E-state index in [1.54, 1.807) is 11.3 Å². The smallest absolute Gasteiger partial charge is 0.191 e. The van der Waals surface area contributed by atoms with Crippen molar-refractivity contribution < 1.29 is 0 Å². The molecule has 2 N–H and O–H groups in total. The second-order valence-electron chi connectivity index (χ2n) is 6.77. The number of aliphatic imine (C=N–C) groups is 1. The summed E-state index contributed by atoms with van der Waals surface area (Å²) in [5.74, 6) is 0.873. The van der Waals surface area contributed by atoms with Crippen molar-refractivity contribution >= 4 is 41.3 Å². The number of halogens is 1. The van der Waals surface area contributed by atoms with Crippen LogP contribution in [0.15, 0.2) is 4.99 Å². The molecule has 1 atom stereocenters. The highest BCUT2D eigenvalue weighted by Crippen LogP contribution is 2.17. The summed E-state index contributed by atoms with van der Waals surface area (Å²) in [4.78, 5) is 10.6. The van der Waals surface area contributed by atoms with E-state index in [0.717, 1.165) is 48.3 Å². The molecule has 0 aliphatic heterocycles. The fourth-order valence-electron chi connectivity index (χ4n) is 3.10. The number of thiazole rings is 1. The van der Waals surface area contributed by atoms with Gasteiger partial charge in [0, 0.05) is 43.2 Å². The number of guanidine groups is 1. The Morgan fingerprint density at radius 1 is 1.22 bits per heavy atom. The Balaban J connectivity index is 0.00000364. The topological polar surface area (TPSA) is 67.1 Å². The summed E-state index contributed by atoms with van der Waals surface area (Å²) >= 11 is 1.77. The molecule has 0 amide bonds. The first kappa shape index (κ1) is 23.9. The number of aromatic nitrogens is 3. The lowest BCUT2D eigenvalue weighted by molar-refractivity contribution is 0.636. The van der Waals surface area contributed by atoms with Gasteiger partial charge in [-0.3, -0.25) is 9.67 Å². The molecule has 2 aromatic heterocycles. The average Bonchev–Trinajstić information content (AvgIpc) is 3.00. The van der Waals surface area contributed by atoms with Crippen LogP contribution in [0.4, 0.5) is 0 Å². The standard InChI is InChI=1S/C19H32N6S.HI/c1-8-20-19(21-10-9-18-14(4)23-16(6)26-18)22-12(2)11-17-13(3)24-25(7)15(17)5;/h12H,8-11H2,1-7H3,(H2,20,21,22);1H. The fourth-order valence-corrected chi connectivity index (χ4v) is 4.02. The van der Waals surface area contributed by atoms with E-state index in [2.05, 4.69) is 62.3 Å². The molecule has 0 radical (unpaired) electrons. The van der Waals surface area contributed by atoms with Gasteiger partial charge in [-0.1, -0.05) is 0 Å². The van der Waals surface area contributed by atoms with Crippen LogP contribution in [0.5, 0.6) is 0 Å². The van der Waals surface area contributed by atoms with Gasteiger partial charge in [0.15, 0.2) is 5.96 Å². The zero-order valence-electron chi connectivity index (χ0n) is 17.5. The third kappa shape index (κ3) is 6.74. The molecular formula is C19H33IN6S. The van der Waals surface area contributed by atoms with Gasteiger partial charge in [-0.2, -0.15) is 5.10 Å². The molecule has 152 valence electrons. The third-order valence-electron chi connectivity index (χ3n) is 4.50. The van der Waals surface area contributed by atoms with Gasteiger partial charge < -0.3 is 10.6 Å². The molecule has 0 aliphatic rings. The van der Waals surface area contributed by atoms with Crippen molar-refractivity contribution in [3.05, 3.63) is 32.5 Å². The Hall–Kier alpha value is -1.16. The summed E-state index contributed by atoms with van der Waals surface area (Å²) in [6.07, 6.45) is 1.87. The molecule has 0 fully saturated rings. The number of nitrogens with one attached hydrogen (secondary N) is 2. The number of nitrogens with zero attached hydrogens (tertiary/aromatic N) is 4. The quantitative estimate of drug-likeness (QED) is 0.345. The van der Waals surface area contributed by atoms with E-state index in [1.165, 1.54) is 16.1 Å². The summed E-state index contributed by atoms with van der Waals surface area (Å²) in [6, 6.07) is 0.279. The Bertz CT molecular complexity index is 765. The first-order chi connectivity index (χ1) is 12.3. The van der Waals surface area contributed by atoms with Crippen molar-refractivity contribution in [3.8, 4) is 0 Å². The maximum Gasteiger partial charge on any atom is 0.191 e. The number of hydrogen-bond donors (Lipinski definition) is 2. The highest BCUT2D eigenvalue weighted by atomic mass is 127. The van der Waals surface area contributed by atoms with Gasteiger partial charge in [-0.25, -0.2) is 4.98 Å². The van der Waals surface area contributed by atoms with Crippen molar-refractivity contribution in [2.75, 3.05) is 13.1 Å². The predicted octanol–water partition coefficient (Wildman–Crippen LogP) is 3.46. The second-order valence-corrected chi connectivity index (χ2v) is 8.06. The lowest BCUT2D eigenvalue weighted by atomic mass is 10.1. The molecular weight excluding hydrogens is 471 g/mol. The molecule has 27 heavy (non-hydrogen) atoms. The molecule has 2 aromatic rings. The minimum absolute atomic E-state index is 0. The van der Waals surface area contributed by atoms with Crippen LogP contribution in [0.2, 0.25) is 0 Å². The highest BCUT2D eigenvalue weighted by molar-refractivity contribution is 14.0. The van der Waals surface area contributed by atoms with Crippen LogP contribution in [-0.4, -0.2) is 39.9 Å². The zero-order valence-corrected chi connectivity index (χ0v) is 20.7. The first-order valence-electron chi connectivity index (χ1n) is 9.28. The molecule has 0 aromatic carbocycles. The van der Waals surface area contributed by atoms with E-state index in [0.29, 0.717) is 0 Å². The lowest BCUT2D eigenvalue weighted by Crippen LogP contribution is -2.43. The zero-order chi connectivity index (χ0) is 19.3. The Morgan fingerprint density at radius 3 is 2.44 bits per heavy atom. The molecule has 0 spiro atoms. The molecule has 0 aliphatic carbocycles. The fraction of sp³-hybridized carbons (Fsp3) is 0.632. The Labute approximate surface area is 184 Å². The van der Waals surface area contributed by atoms with Crippen molar-refractivity contribution in [1.82, 2.24) is 25.4 Å². The molecule has 8 heteroatoms. The number of aryl methyl sites for hydroxylation is 4.